The molecule has 18 heavy (non-hydrogen) atoms. The molecule has 0 heterocycles. The Labute approximate surface area is 119 Å². The van der Waals surface area contributed by atoms with Crippen molar-refractivity contribution in [3.05, 3.63) is 29.3 Å². The zero-order valence-corrected chi connectivity index (χ0v) is 13.2. The summed E-state index contributed by atoms with van der Waals surface area (Å²) in [5.74, 6) is 1.04. The number of hydrogen-bond donors (Lipinski definition) is 1. The van der Waals surface area contributed by atoms with E-state index in [0.29, 0.717) is 4.83 Å². The fraction of sp³-hybridized carbons (Fsp3) is 0.600. The Morgan fingerprint density at radius 3 is 2.50 bits per heavy atom. The van der Waals surface area contributed by atoms with Gasteiger partial charge in [0.15, 0.2) is 0 Å². The second-order valence-electron chi connectivity index (χ2n) is 4.73. The van der Waals surface area contributed by atoms with E-state index in [1.54, 1.807) is 0 Å². The molecule has 102 valence electrons. The summed E-state index contributed by atoms with van der Waals surface area (Å²) in [6.07, 6.45) is 3.61. The van der Waals surface area contributed by atoms with E-state index < -0.39 is 0 Å². The summed E-state index contributed by atoms with van der Waals surface area (Å²) in [6.45, 7) is 6.03. The summed E-state index contributed by atoms with van der Waals surface area (Å²) in [7, 11) is 2.00. The van der Waals surface area contributed by atoms with Crippen LogP contribution in [0.25, 0.3) is 0 Å². The van der Waals surface area contributed by atoms with Crippen LogP contribution in [0.15, 0.2) is 18.2 Å². The molecule has 3 heteroatoms. The summed E-state index contributed by atoms with van der Waals surface area (Å²) in [6, 6.07) is 6.26. The lowest BCUT2D eigenvalue weighted by Crippen LogP contribution is -2.13. The highest BCUT2D eigenvalue weighted by Crippen LogP contribution is 2.23. The molecule has 0 bridgehead atoms. The van der Waals surface area contributed by atoms with Crippen LogP contribution in [0.3, 0.4) is 0 Å². The number of aryl methyl sites for hydroxylation is 2. The van der Waals surface area contributed by atoms with Crippen molar-refractivity contribution in [2.45, 2.75) is 37.9 Å². The molecule has 0 aliphatic carbocycles. The topological polar surface area (TPSA) is 21.3 Å². The van der Waals surface area contributed by atoms with Crippen LogP contribution < -0.4 is 10.1 Å². The second-order valence-corrected chi connectivity index (χ2v) is 6.02. The Hall–Kier alpha value is -0.540. The van der Waals surface area contributed by atoms with Crippen molar-refractivity contribution < 1.29 is 4.74 Å². The van der Waals surface area contributed by atoms with Crippen LogP contribution in [0, 0.1) is 13.8 Å². The molecule has 1 N–H and O–H groups in total. The van der Waals surface area contributed by atoms with Crippen LogP contribution in [-0.4, -0.2) is 25.0 Å². The normalized spacial score (nSPS) is 12.4. The number of nitrogens with one attached hydrogen (secondary N) is 1. The van der Waals surface area contributed by atoms with Crippen molar-refractivity contribution in [3.63, 3.8) is 0 Å². The largest absolute Gasteiger partial charge is 0.492 e. The first-order chi connectivity index (χ1) is 8.65. The van der Waals surface area contributed by atoms with Gasteiger partial charge in [0.1, 0.15) is 12.4 Å². The van der Waals surface area contributed by atoms with E-state index in [-0.39, 0.29) is 0 Å². The van der Waals surface area contributed by atoms with E-state index in [1.807, 2.05) is 7.05 Å². The lowest BCUT2D eigenvalue weighted by Gasteiger charge is -2.15. The molecule has 0 spiro atoms. The first-order valence-corrected chi connectivity index (χ1v) is 7.54. The molecule has 0 aromatic heterocycles. The fourth-order valence-corrected chi connectivity index (χ4v) is 2.41. The van der Waals surface area contributed by atoms with Gasteiger partial charge in [0.25, 0.3) is 0 Å². The molecular formula is C15H24BrNO. The highest BCUT2D eigenvalue weighted by atomic mass is 79.9. The molecule has 0 amide bonds. The van der Waals surface area contributed by atoms with Gasteiger partial charge in [-0.2, -0.15) is 0 Å². The maximum Gasteiger partial charge on any atom is 0.125 e. The van der Waals surface area contributed by atoms with E-state index in [2.05, 4.69) is 53.3 Å². The quantitative estimate of drug-likeness (QED) is 0.581. The Bertz CT molecular complexity index is 334. The number of hydrogen-bond acceptors (Lipinski definition) is 2. The number of rotatable bonds is 8. The van der Waals surface area contributed by atoms with Crippen molar-refractivity contribution >= 4 is 15.9 Å². The summed E-state index contributed by atoms with van der Waals surface area (Å²) < 4.78 is 5.92. The SMILES string of the molecule is CNCCCCC(Br)COc1c(C)cccc1C. The predicted molar refractivity (Wildman–Crippen MR) is 81.9 cm³/mol. The van der Waals surface area contributed by atoms with E-state index in [0.717, 1.165) is 25.3 Å². The van der Waals surface area contributed by atoms with Crippen molar-refractivity contribution in [1.29, 1.82) is 0 Å². The first kappa shape index (κ1) is 15.5. The predicted octanol–water partition coefficient (Wildman–Crippen LogP) is 3.84. The molecule has 0 aliphatic rings. The third-order valence-electron chi connectivity index (χ3n) is 3.01. The smallest absolute Gasteiger partial charge is 0.125 e. The molecule has 1 unspecified atom stereocenters. The first-order valence-electron chi connectivity index (χ1n) is 6.63. The second kappa shape index (κ2) is 8.54. The number of alkyl halides is 1. The minimum atomic E-state index is 0.438. The van der Waals surface area contributed by atoms with Gasteiger partial charge >= 0.3 is 0 Å². The maximum atomic E-state index is 5.92. The molecule has 1 aromatic carbocycles. The van der Waals surface area contributed by atoms with Crippen molar-refractivity contribution in [1.82, 2.24) is 5.32 Å². The highest BCUT2D eigenvalue weighted by molar-refractivity contribution is 9.09. The minimum Gasteiger partial charge on any atom is -0.492 e. The molecule has 0 radical (unpaired) electrons. The standard InChI is InChI=1S/C15H24BrNO/c1-12-7-6-8-13(2)15(12)18-11-14(16)9-4-5-10-17-3/h6-8,14,17H,4-5,9-11H2,1-3H3. The van der Waals surface area contributed by atoms with Gasteiger partial charge in [0, 0.05) is 4.83 Å². The van der Waals surface area contributed by atoms with Gasteiger partial charge in [-0.1, -0.05) is 40.5 Å². The van der Waals surface area contributed by atoms with Gasteiger partial charge in [0.2, 0.25) is 0 Å². The molecular weight excluding hydrogens is 290 g/mol. The zero-order valence-electron chi connectivity index (χ0n) is 11.6. The Balaban J connectivity index is 2.31. The summed E-state index contributed by atoms with van der Waals surface area (Å²) >= 11 is 3.69. The highest BCUT2D eigenvalue weighted by Gasteiger charge is 2.08. The average Bonchev–Trinajstić information content (AvgIpc) is 2.34. The Kier molecular flexibility index (Phi) is 7.36. The van der Waals surface area contributed by atoms with Crippen LogP contribution in [0.5, 0.6) is 5.75 Å². The monoisotopic (exact) mass is 313 g/mol. The molecule has 1 rings (SSSR count). The number of ether oxygens (including phenoxy) is 1. The summed E-state index contributed by atoms with van der Waals surface area (Å²) in [5.41, 5.74) is 2.43. The molecule has 2 nitrogen and oxygen atoms in total. The number of unbranched alkanes of at least 4 members (excludes halogenated alkanes) is 1. The van der Waals surface area contributed by atoms with Crippen LogP contribution in [0.2, 0.25) is 0 Å². The lowest BCUT2D eigenvalue weighted by molar-refractivity contribution is 0.308. The van der Waals surface area contributed by atoms with Gasteiger partial charge in [-0.15, -0.1) is 0 Å². The fourth-order valence-electron chi connectivity index (χ4n) is 1.95. The van der Waals surface area contributed by atoms with E-state index in [4.69, 9.17) is 4.74 Å². The number of para-hydroxylation sites is 1. The van der Waals surface area contributed by atoms with Crippen LogP contribution in [0.4, 0.5) is 0 Å². The van der Waals surface area contributed by atoms with Crippen LogP contribution in [0.1, 0.15) is 30.4 Å². The third kappa shape index (κ3) is 5.40. The van der Waals surface area contributed by atoms with Crippen LogP contribution in [-0.2, 0) is 0 Å². The summed E-state index contributed by atoms with van der Waals surface area (Å²) in [4.78, 5) is 0.438. The van der Waals surface area contributed by atoms with Gasteiger partial charge in [0.05, 0.1) is 0 Å². The Morgan fingerprint density at radius 2 is 1.89 bits per heavy atom. The lowest BCUT2D eigenvalue weighted by atomic mass is 10.1. The molecule has 0 saturated heterocycles. The van der Waals surface area contributed by atoms with Crippen LogP contribution >= 0.6 is 15.9 Å². The molecule has 0 fully saturated rings. The van der Waals surface area contributed by atoms with Gasteiger partial charge in [-0.3, -0.25) is 0 Å². The minimum absolute atomic E-state index is 0.438. The summed E-state index contributed by atoms with van der Waals surface area (Å²) in [5, 5.41) is 3.17. The van der Waals surface area contributed by atoms with Gasteiger partial charge in [-0.25, -0.2) is 0 Å². The maximum absolute atomic E-state index is 5.92. The van der Waals surface area contributed by atoms with E-state index in [1.165, 1.54) is 24.0 Å². The third-order valence-corrected chi connectivity index (χ3v) is 3.73. The number of benzene rings is 1. The van der Waals surface area contributed by atoms with E-state index in [9.17, 15) is 0 Å². The zero-order chi connectivity index (χ0) is 13.4. The van der Waals surface area contributed by atoms with Gasteiger partial charge < -0.3 is 10.1 Å². The molecule has 1 atom stereocenters. The molecule has 1 aromatic rings. The molecule has 0 saturated carbocycles. The van der Waals surface area contributed by atoms with Crippen molar-refractivity contribution in [3.8, 4) is 5.75 Å². The molecule has 0 aliphatic heterocycles. The van der Waals surface area contributed by atoms with E-state index >= 15 is 0 Å². The van der Waals surface area contributed by atoms with Crippen molar-refractivity contribution in [2.75, 3.05) is 20.2 Å². The Morgan fingerprint density at radius 1 is 1.22 bits per heavy atom. The van der Waals surface area contributed by atoms with Crippen molar-refractivity contribution in [2.24, 2.45) is 0 Å². The van der Waals surface area contributed by atoms with Gasteiger partial charge in [-0.05, 0) is 51.4 Å². The average molecular weight is 314 g/mol. The number of halogens is 1.